The van der Waals surface area contributed by atoms with Gasteiger partial charge in [-0.05, 0) is 42.2 Å². The highest BCUT2D eigenvalue weighted by Gasteiger charge is 2.46. The summed E-state index contributed by atoms with van der Waals surface area (Å²) in [4.78, 5) is 0. The van der Waals surface area contributed by atoms with Gasteiger partial charge in [0.15, 0.2) is 0 Å². The molecule has 0 amide bonds. The van der Waals surface area contributed by atoms with Crippen LogP contribution < -0.4 is 9.34 Å². The normalized spacial score (nSPS) is 16.6. The standard InChI is InChI=1S/C25H27N2OP/c1-21(20-23-12-6-3-7-13-23)22(2)29(28)26(24-14-8-4-9-15-24)18-19-27(29)25-16-10-5-11-17-25/h3-17,21H,2,18-20H2,1H3. The van der Waals surface area contributed by atoms with E-state index >= 15 is 0 Å². The van der Waals surface area contributed by atoms with E-state index in [4.69, 9.17) is 0 Å². The zero-order valence-corrected chi connectivity index (χ0v) is 17.7. The third-order valence-electron chi connectivity index (χ3n) is 5.61. The van der Waals surface area contributed by atoms with Gasteiger partial charge in [0.1, 0.15) is 0 Å². The van der Waals surface area contributed by atoms with Crippen LogP contribution in [0, 0.1) is 5.92 Å². The van der Waals surface area contributed by atoms with Crippen molar-refractivity contribution in [3.8, 4) is 0 Å². The zero-order valence-electron chi connectivity index (χ0n) is 16.8. The summed E-state index contributed by atoms with van der Waals surface area (Å²) >= 11 is 0. The van der Waals surface area contributed by atoms with Crippen molar-refractivity contribution in [2.45, 2.75) is 13.3 Å². The highest BCUT2D eigenvalue weighted by Crippen LogP contribution is 2.66. The van der Waals surface area contributed by atoms with Gasteiger partial charge in [0.05, 0.1) is 0 Å². The highest BCUT2D eigenvalue weighted by molar-refractivity contribution is 7.71. The minimum atomic E-state index is -3.05. The van der Waals surface area contributed by atoms with Crippen LogP contribution in [0.5, 0.6) is 0 Å². The molecule has 0 saturated carbocycles. The Balaban J connectivity index is 1.72. The molecule has 0 radical (unpaired) electrons. The molecule has 1 atom stereocenters. The minimum absolute atomic E-state index is 0.0961. The van der Waals surface area contributed by atoms with Crippen LogP contribution in [0.25, 0.3) is 0 Å². The Labute approximate surface area is 173 Å². The lowest BCUT2D eigenvalue weighted by Gasteiger charge is -2.36. The Morgan fingerprint density at radius 3 is 1.69 bits per heavy atom. The second kappa shape index (κ2) is 8.31. The number of hydrogen-bond acceptors (Lipinski definition) is 1. The van der Waals surface area contributed by atoms with Gasteiger partial charge in [-0.15, -0.1) is 0 Å². The summed E-state index contributed by atoms with van der Waals surface area (Å²) < 4.78 is 18.9. The molecular weight excluding hydrogens is 375 g/mol. The molecule has 4 rings (SSSR count). The van der Waals surface area contributed by atoms with E-state index in [-0.39, 0.29) is 5.92 Å². The predicted octanol–water partition coefficient (Wildman–Crippen LogP) is 6.60. The van der Waals surface area contributed by atoms with Crippen LogP contribution in [0.2, 0.25) is 0 Å². The maximum absolute atomic E-state index is 14.8. The minimum Gasteiger partial charge on any atom is -0.302 e. The van der Waals surface area contributed by atoms with Crippen LogP contribution in [0.3, 0.4) is 0 Å². The van der Waals surface area contributed by atoms with Gasteiger partial charge in [-0.2, -0.15) is 0 Å². The summed E-state index contributed by atoms with van der Waals surface area (Å²) in [6.45, 7) is 7.98. The molecule has 1 aliphatic rings. The number of hydrogen-bond donors (Lipinski definition) is 0. The fourth-order valence-electron chi connectivity index (χ4n) is 4.04. The van der Waals surface area contributed by atoms with E-state index in [0.717, 1.165) is 23.1 Å². The number of anilines is 2. The molecule has 3 aromatic carbocycles. The van der Waals surface area contributed by atoms with E-state index in [1.807, 2.05) is 66.7 Å². The van der Waals surface area contributed by atoms with Crippen LogP contribution in [-0.2, 0) is 11.0 Å². The average molecular weight is 402 g/mol. The first-order valence-electron chi connectivity index (χ1n) is 10.1. The molecule has 29 heavy (non-hydrogen) atoms. The lowest BCUT2D eigenvalue weighted by molar-refractivity contribution is 0.571. The summed E-state index contributed by atoms with van der Waals surface area (Å²) in [5, 5.41) is 0.812. The van der Waals surface area contributed by atoms with E-state index in [1.54, 1.807) is 0 Å². The Hall–Kier alpha value is -2.77. The number of benzene rings is 3. The second-order valence-electron chi connectivity index (χ2n) is 7.54. The summed E-state index contributed by atoms with van der Waals surface area (Å²) in [5.41, 5.74) is 3.22. The summed E-state index contributed by atoms with van der Waals surface area (Å²) in [7, 11) is -3.05. The maximum Gasteiger partial charge on any atom is 0.288 e. The first kappa shape index (κ1) is 19.5. The van der Waals surface area contributed by atoms with Crippen molar-refractivity contribution in [3.05, 3.63) is 108 Å². The van der Waals surface area contributed by atoms with Crippen LogP contribution in [0.4, 0.5) is 11.4 Å². The van der Waals surface area contributed by atoms with Gasteiger partial charge in [0.2, 0.25) is 0 Å². The van der Waals surface area contributed by atoms with Gasteiger partial charge in [0, 0.05) is 29.8 Å². The predicted molar refractivity (Wildman–Crippen MR) is 124 cm³/mol. The van der Waals surface area contributed by atoms with Crippen molar-refractivity contribution in [1.82, 2.24) is 0 Å². The fourth-order valence-corrected chi connectivity index (χ4v) is 7.20. The SMILES string of the molecule is C=C(C(C)Cc1ccccc1)P1(=O)N(c2ccccc2)CCN1c1ccccc1. The van der Waals surface area contributed by atoms with Crippen molar-refractivity contribution in [1.29, 1.82) is 0 Å². The first-order valence-corrected chi connectivity index (χ1v) is 11.7. The third kappa shape index (κ3) is 3.75. The molecule has 0 aliphatic carbocycles. The molecule has 148 valence electrons. The van der Waals surface area contributed by atoms with Gasteiger partial charge in [-0.3, -0.25) is 4.57 Å². The van der Waals surface area contributed by atoms with Crippen molar-refractivity contribution < 1.29 is 4.57 Å². The summed E-state index contributed by atoms with van der Waals surface area (Å²) in [6.07, 6.45) is 0.828. The van der Waals surface area contributed by atoms with E-state index in [1.165, 1.54) is 5.56 Å². The summed E-state index contributed by atoms with van der Waals surface area (Å²) in [5.74, 6) is 0.0961. The molecule has 0 bridgehead atoms. The molecule has 0 spiro atoms. The van der Waals surface area contributed by atoms with Gasteiger partial charge in [-0.25, -0.2) is 0 Å². The van der Waals surface area contributed by atoms with E-state index < -0.39 is 7.44 Å². The summed E-state index contributed by atoms with van der Waals surface area (Å²) in [6, 6.07) is 30.5. The molecule has 1 unspecified atom stereocenters. The molecular formula is C25H27N2OP. The maximum atomic E-state index is 14.8. The number of allylic oxidation sites excluding steroid dienone is 1. The highest BCUT2D eigenvalue weighted by atomic mass is 31.2. The molecule has 0 N–H and O–H groups in total. The quantitative estimate of drug-likeness (QED) is 0.434. The topological polar surface area (TPSA) is 23.6 Å². The Morgan fingerprint density at radius 2 is 1.24 bits per heavy atom. The van der Waals surface area contributed by atoms with Gasteiger partial charge in [-0.1, -0.05) is 80.2 Å². The van der Waals surface area contributed by atoms with Crippen LogP contribution in [0.15, 0.2) is 103 Å². The molecule has 1 heterocycles. The molecule has 0 aromatic heterocycles. The molecule has 1 saturated heterocycles. The van der Waals surface area contributed by atoms with Crippen molar-refractivity contribution in [2.75, 3.05) is 22.4 Å². The monoisotopic (exact) mass is 402 g/mol. The van der Waals surface area contributed by atoms with Gasteiger partial charge in [0.25, 0.3) is 7.44 Å². The van der Waals surface area contributed by atoms with Crippen molar-refractivity contribution in [3.63, 3.8) is 0 Å². The van der Waals surface area contributed by atoms with E-state index in [9.17, 15) is 4.57 Å². The van der Waals surface area contributed by atoms with Crippen LogP contribution in [-0.4, -0.2) is 13.1 Å². The second-order valence-corrected chi connectivity index (χ2v) is 10.2. The lowest BCUT2D eigenvalue weighted by atomic mass is 10.0. The largest absolute Gasteiger partial charge is 0.302 e. The lowest BCUT2D eigenvalue weighted by Crippen LogP contribution is -2.22. The van der Waals surface area contributed by atoms with Gasteiger partial charge < -0.3 is 9.34 Å². The van der Waals surface area contributed by atoms with Crippen molar-refractivity contribution >= 4 is 18.8 Å². The Kier molecular flexibility index (Phi) is 5.60. The number of rotatable bonds is 6. The molecule has 1 aliphatic heterocycles. The van der Waals surface area contributed by atoms with E-state index in [0.29, 0.717) is 13.1 Å². The molecule has 1 fully saturated rings. The first-order chi connectivity index (χ1) is 14.1. The number of nitrogens with zero attached hydrogens (tertiary/aromatic N) is 2. The zero-order chi connectivity index (χ0) is 20.3. The van der Waals surface area contributed by atoms with E-state index in [2.05, 4.69) is 47.1 Å². The Bertz CT molecular complexity index is 953. The van der Waals surface area contributed by atoms with Gasteiger partial charge >= 0.3 is 0 Å². The Morgan fingerprint density at radius 1 is 0.828 bits per heavy atom. The molecule has 3 nitrogen and oxygen atoms in total. The van der Waals surface area contributed by atoms with Crippen LogP contribution >= 0.6 is 7.44 Å². The molecule has 3 aromatic rings. The third-order valence-corrected chi connectivity index (χ3v) is 8.97. The van der Waals surface area contributed by atoms with Crippen molar-refractivity contribution in [2.24, 2.45) is 5.92 Å². The molecule has 4 heteroatoms. The fraction of sp³-hybridized carbons (Fsp3) is 0.200. The number of para-hydroxylation sites is 2. The van der Waals surface area contributed by atoms with Crippen LogP contribution in [0.1, 0.15) is 12.5 Å². The average Bonchev–Trinajstić information content (AvgIpc) is 3.13. The smallest absolute Gasteiger partial charge is 0.288 e.